The summed E-state index contributed by atoms with van der Waals surface area (Å²) >= 11 is 3.70. The molecular formula is C16H22BrNO2. The van der Waals surface area contributed by atoms with Crippen LogP contribution < -0.4 is 14.8 Å². The highest BCUT2D eigenvalue weighted by Gasteiger charge is 2.50. The van der Waals surface area contributed by atoms with Crippen LogP contribution in [-0.2, 0) is 0 Å². The van der Waals surface area contributed by atoms with Gasteiger partial charge in [-0.1, -0.05) is 29.8 Å². The minimum atomic E-state index is 0.358. The lowest BCUT2D eigenvalue weighted by atomic mass is 9.97. The summed E-state index contributed by atoms with van der Waals surface area (Å²) in [6, 6.07) is 4.55. The van der Waals surface area contributed by atoms with Gasteiger partial charge in [0.2, 0.25) is 0 Å². The van der Waals surface area contributed by atoms with Gasteiger partial charge in [-0.05, 0) is 42.5 Å². The number of benzene rings is 1. The Labute approximate surface area is 129 Å². The van der Waals surface area contributed by atoms with Gasteiger partial charge in [-0.25, -0.2) is 0 Å². The lowest BCUT2D eigenvalue weighted by Gasteiger charge is -2.21. The molecule has 0 spiro atoms. The van der Waals surface area contributed by atoms with E-state index in [0.29, 0.717) is 17.4 Å². The number of nitrogens with one attached hydrogen (secondary N) is 1. The highest BCUT2D eigenvalue weighted by molar-refractivity contribution is 9.10. The van der Waals surface area contributed by atoms with Crippen molar-refractivity contribution in [1.29, 1.82) is 0 Å². The number of hydrogen-bond donors (Lipinski definition) is 1. The van der Waals surface area contributed by atoms with Crippen LogP contribution in [0.3, 0.4) is 0 Å². The van der Waals surface area contributed by atoms with E-state index < -0.39 is 0 Å². The first-order valence-electron chi connectivity index (χ1n) is 7.29. The highest BCUT2D eigenvalue weighted by Crippen LogP contribution is 2.58. The summed E-state index contributed by atoms with van der Waals surface area (Å²) < 4.78 is 12.7. The zero-order valence-corrected chi connectivity index (χ0v) is 13.9. The third-order valence-electron chi connectivity index (χ3n) is 4.50. The molecule has 0 bridgehead atoms. The zero-order chi connectivity index (χ0) is 14.3. The lowest BCUT2D eigenvalue weighted by Crippen LogP contribution is -2.21. The first-order valence-corrected chi connectivity index (χ1v) is 8.08. The molecular weight excluding hydrogens is 318 g/mol. The molecule has 20 heavy (non-hydrogen) atoms. The molecule has 3 rings (SSSR count). The van der Waals surface area contributed by atoms with Gasteiger partial charge in [0.15, 0.2) is 11.5 Å². The maximum Gasteiger partial charge on any atom is 0.162 e. The van der Waals surface area contributed by atoms with E-state index >= 15 is 0 Å². The molecule has 0 saturated heterocycles. The van der Waals surface area contributed by atoms with Crippen LogP contribution in [0, 0.1) is 11.3 Å². The molecule has 0 radical (unpaired) electrons. The second-order valence-corrected chi connectivity index (χ2v) is 7.29. The molecule has 4 heteroatoms. The van der Waals surface area contributed by atoms with E-state index in [2.05, 4.69) is 47.2 Å². The van der Waals surface area contributed by atoms with Crippen LogP contribution in [0.1, 0.15) is 38.3 Å². The first-order chi connectivity index (χ1) is 9.53. The van der Waals surface area contributed by atoms with Gasteiger partial charge in [0, 0.05) is 16.9 Å². The maximum absolute atomic E-state index is 5.82. The Morgan fingerprint density at radius 3 is 2.40 bits per heavy atom. The summed E-state index contributed by atoms with van der Waals surface area (Å²) in [5.74, 6) is 2.40. The van der Waals surface area contributed by atoms with Crippen molar-refractivity contribution in [3.8, 4) is 11.5 Å². The first kappa shape index (κ1) is 14.2. The summed E-state index contributed by atoms with van der Waals surface area (Å²) in [4.78, 5) is 0. The quantitative estimate of drug-likeness (QED) is 0.905. The minimum absolute atomic E-state index is 0.358. The fraction of sp³-hybridized carbons (Fsp3) is 0.625. The van der Waals surface area contributed by atoms with Crippen LogP contribution in [0.2, 0.25) is 0 Å². The fourth-order valence-corrected chi connectivity index (χ4v) is 3.66. The SMILES string of the molecule is CNC(c1cc2c(cc1Br)OCCCO2)C1CC1(C)C. The molecule has 0 amide bonds. The van der Waals surface area contributed by atoms with Crippen LogP contribution in [0.15, 0.2) is 16.6 Å². The van der Waals surface area contributed by atoms with Gasteiger partial charge in [-0.15, -0.1) is 0 Å². The van der Waals surface area contributed by atoms with Crippen LogP contribution in [0.4, 0.5) is 0 Å². The van der Waals surface area contributed by atoms with E-state index in [-0.39, 0.29) is 0 Å². The minimum Gasteiger partial charge on any atom is -0.490 e. The largest absolute Gasteiger partial charge is 0.490 e. The molecule has 1 aliphatic carbocycles. The summed E-state index contributed by atoms with van der Waals surface area (Å²) in [5, 5.41) is 3.47. The van der Waals surface area contributed by atoms with Gasteiger partial charge in [0.05, 0.1) is 13.2 Å². The monoisotopic (exact) mass is 339 g/mol. The summed E-state index contributed by atoms with van der Waals surface area (Å²) in [7, 11) is 2.04. The number of rotatable bonds is 3. The smallest absolute Gasteiger partial charge is 0.162 e. The molecule has 1 aromatic carbocycles. The Bertz CT molecular complexity index is 515. The van der Waals surface area contributed by atoms with Gasteiger partial charge < -0.3 is 14.8 Å². The third-order valence-corrected chi connectivity index (χ3v) is 5.19. The van der Waals surface area contributed by atoms with E-state index in [4.69, 9.17) is 9.47 Å². The Hall–Kier alpha value is -0.740. The Balaban J connectivity index is 1.94. The van der Waals surface area contributed by atoms with Crippen molar-refractivity contribution in [2.45, 2.75) is 32.7 Å². The van der Waals surface area contributed by atoms with Crippen molar-refractivity contribution in [2.75, 3.05) is 20.3 Å². The van der Waals surface area contributed by atoms with E-state index in [1.807, 2.05) is 7.05 Å². The average molecular weight is 340 g/mol. The van der Waals surface area contributed by atoms with E-state index in [1.54, 1.807) is 0 Å². The van der Waals surface area contributed by atoms with Crippen molar-refractivity contribution in [3.05, 3.63) is 22.2 Å². The molecule has 1 aliphatic heterocycles. The summed E-state index contributed by atoms with van der Waals surface area (Å²) in [6.45, 7) is 6.12. The zero-order valence-electron chi connectivity index (χ0n) is 12.3. The number of halogens is 1. The van der Waals surface area contributed by atoms with Crippen molar-refractivity contribution < 1.29 is 9.47 Å². The highest BCUT2D eigenvalue weighted by atomic mass is 79.9. The molecule has 2 atom stereocenters. The van der Waals surface area contributed by atoms with Gasteiger partial charge in [-0.3, -0.25) is 0 Å². The van der Waals surface area contributed by atoms with E-state index in [9.17, 15) is 0 Å². The molecule has 1 fully saturated rings. The molecule has 1 aromatic rings. The Morgan fingerprint density at radius 1 is 1.25 bits per heavy atom. The molecule has 110 valence electrons. The molecule has 2 unspecified atom stereocenters. The third kappa shape index (κ3) is 2.56. The lowest BCUT2D eigenvalue weighted by molar-refractivity contribution is 0.296. The van der Waals surface area contributed by atoms with Crippen LogP contribution in [-0.4, -0.2) is 20.3 Å². The normalized spacial score (nSPS) is 24.9. The topological polar surface area (TPSA) is 30.5 Å². The molecule has 1 heterocycles. The van der Waals surface area contributed by atoms with Gasteiger partial charge in [-0.2, -0.15) is 0 Å². The maximum atomic E-state index is 5.82. The summed E-state index contributed by atoms with van der Waals surface area (Å²) in [5.41, 5.74) is 1.70. The van der Waals surface area contributed by atoms with Gasteiger partial charge in [0.1, 0.15) is 0 Å². The number of hydrogen-bond acceptors (Lipinski definition) is 3. The second-order valence-electron chi connectivity index (χ2n) is 6.44. The van der Waals surface area contributed by atoms with Crippen LogP contribution in [0.5, 0.6) is 11.5 Å². The Morgan fingerprint density at radius 2 is 1.85 bits per heavy atom. The van der Waals surface area contributed by atoms with E-state index in [0.717, 1.165) is 35.6 Å². The van der Waals surface area contributed by atoms with Crippen LogP contribution in [0.25, 0.3) is 0 Å². The van der Waals surface area contributed by atoms with E-state index in [1.165, 1.54) is 12.0 Å². The molecule has 0 aromatic heterocycles. The number of ether oxygens (including phenoxy) is 2. The van der Waals surface area contributed by atoms with Crippen LogP contribution >= 0.6 is 15.9 Å². The number of fused-ring (bicyclic) bond motifs is 1. The molecule has 2 aliphatic rings. The standard InChI is InChI=1S/C16H22BrNO2/c1-16(2)9-11(16)15(18-3)10-7-13-14(8-12(10)17)20-6-4-5-19-13/h7-8,11,15,18H,4-6,9H2,1-3H3. The molecule has 1 N–H and O–H groups in total. The predicted octanol–water partition coefficient (Wildman–Crippen LogP) is 3.92. The predicted molar refractivity (Wildman–Crippen MR) is 83.4 cm³/mol. The Kier molecular flexibility index (Phi) is 3.71. The van der Waals surface area contributed by atoms with Crippen molar-refractivity contribution in [2.24, 2.45) is 11.3 Å². The van der Waals surface area contributed by atoms with Crippen molar-refractivity contribution >= 4 is 15.9 Å². The molecule has 3 nitrogen and oxygen atoms in total. The van der Waals surface area contributed by atoms with Gasteiger partial charge >= 0.3 is 0 Å². The summed E-state index contributed by atoms with van der Waals surface area (Å²) in [6.07, 6.45) is 2.20. The second kappa shape index (κ2) is 5.23. The van der Waals surface area contributed by atoms with Crippen molar-refractivity contribution in [1.82, 2.24) is 5.32 Å². The average Bonchev–Trinajstić information content (AvgIpc) is 3.08. The van der Waals surface area contributed by atoms with Gasteiger partial charge in [0.25, 0.3) is 0 Å². The van der Waals surface area contributed by atoms with Crippen molar-refractivity contribution in [3.63, 3.8) is 0 Å². The fourth-order valence-electron chi connectivity index (χ4n) is 3.09. The molecule has 1 saturated carbocycles.